The molecule has 1 N–H and O–H groups in total. The van der Waals surface area contributed by atoms with Crippen LogP contribution >= 0.6 is 0 Å². The maximum atomic E-state index is 9.87. The van der Waals surface area contributed by atoms with Crippen LogP contribution in [0.25, 0.3) is 0 Å². The number of nitrogens with zero attached hydrogens (tertiary/aromatic N) is 2. The fourth-order valence-corrected chi connectivity index (χ4v) is 4.27. The molecule has 0 bridgehead atoms. The van der Waals surface area contributed by atoms with Gasteiger partial charge in [-0.15, -0.1) is 0 Å². The Hall–Kier alpha value is -0.160. The largest absolute Gasteiger partial charge is 0.396 e. The zero-order chi connectivity index (χ0) is 14.0. The van der Waals surface area contributed by atoms with E-state index in [0.717, 1.165) is 38.6 Å². The fraction of sp³-hybridized carbons (Fsp3) is 1.00. The van der Waals surface area contributed by atoms with Crippen molar-refractivity contribution >= 4 is 0 Å². The fourth-order valence-electron chi connectivity index (χ4n) is 4.27. The second-order valence-electron chi connectivity index (χ2n) is 7.24. The molecule has 0 radical (unpaired) electrons. The molecular weight excluding hydrogens is 252 g/mol. The summed E-state index contributed by atoms with van der Waals surface area (Å²) in [5.41, 5.74) is -0.0106. The Labute approximate surface area is 123 Å². The zero-order valence-electron chi connectivity index (χ0n) is 12.9. The Kier molecular flexibility index (Phi) is 4.65. The molecule has 3 aliphatic rings. The highest BCUT2D eigenvalue weighted by Gasteiger charge is 2.39. The van der Waals surface area contributed by atoms with Crippen LogP contribution in [0.15, 0.2) is 0 Å². The van der Waals surface area contributed by atoms with Crippen LogP contribution in [0.5, 0.6) is 0 Å². The van der Waals surface area contributed by atoms with Gasteiger partial charge in [0.25, 0.3) is 0 Å². The lowest BCUT2D eigenvalue weighted by Gasteiger charge is -2.50. The molecule has 4 heteroatoms. The molecule has 3 atom stereocenters. The van der Waals surface area contributed by atoms with Crippen molar-refractivity contribution in [2.45, 2.75) is 51.1 Å². The average Bonchev–Trinajstić information content (AvgIpc) is 2.49. The maximum absolute atomic E-state index is 9.87. The first-order valence-electron chi connectivity index (χ1n) is 8.39. The van der Waals surface area contributed by atoms with Crippen LogP contribution in [0.4, 0.5) is 0 Å². The van der Waals surface area contributed by atoms with E-state index in [1.54, 1.807) is 0 Å². The highest BCUT2D eigenvalue weighted by atomic mass is 16.5. The quantitative estimate of drug-likeness (QED) is 0.847. The predicted molar refractivity (Wildman–Crippen MR) is 79.8 cm³/mol. The highest BCUT2D eigenvalue weighted by Crippen LogP contribution is 2.32. The van der Waals surface area contributed by atoms with Crippen molar-refractivity contribution in [1.82, 2.24) is 9.80 Å². The van der Waals surface area contributed by atoms with Crippen LogP contribution in [-0.2, 0) is 4.74 Å². The first kappa shape index (κ1) is 14.8. The van der Waals surface area contributed by atoms with E-state index in [9.17, 15) is 5.11 Å². The number of aliphatic hydroxyl groups is 1. The van der Waals surface area contributed by atoms with Crippen LogP contribution in [0.1, 0.15) is 39.0 Å². The Morgan fingerprint density at radius 1 is 1.25 bits per heavy atom. The van der Waals surface area contributed by atoms with Gasteiger partial charge in [-0.3, -0.25) is 9.80 Å². The molecule has 0 spiro atoms. The van der Waals surface area contributed by atoms with Crippen LogP contribution in [0, 0.1) is 5.41 Å². The molecule has 0 saturated carbocycles. The van der Waals surface area contributed by atoms with E-state index in [1.165, 1.54) is 38.9 Å². The van der Waals surface area contributed by atoms with Gasteiger partial charge in [-0.05, 0) is 39.2 Å². The Morgan fingerprint density at radius 3 is 2.90 bits per heavy atom. The second kappa shape index (κ2) is 6.30. The smallest absolute Gasteiger partial charge is 0.0556 e. The molecule has 4 nitrogen and oxygen atoms in total. The van der Waals surface area contributed by atoms with Crippen molar-refractivity contribution in [2.75, 3.05) is 46.0 Å². The van der Waals surface area contributed by atoms with E-state index in [-0.39, 0.29) is 12.0 Å². The summed E-state index contributed by atoms with van der Waals surface area (Å²) >= 11 is 0. The number of piperazine rings is 1. The molecule has 3 heterocycles. The van der Waals surface area contributed by atoms with E-state index < -0.39 is 0 Å². The van der Waals surface area contributed by atoms with Gasteiger partial charge in [-0.25, -0.2) is 0 Å². The third kappa shape index (κ3) is 3.03. The lowest BCUT2D eigenvalue weighted by atomic mass is 9.82. The van der Waals surface area contributed by atoms with Gasteiger partial charge in [0.1, 0.15) is 0 Å². The normalized spacial score (nSPS) is 40.5. The van der Waals surface area contributed by atoms with Crippen LogP contribution in [0.3, 0.4) is 0 Å². The van der Waals surface area contributed by atoms with E-state index >= 15 is 0 Å². The molecule has 0 aromatic heterocycles. The van der Waals surface area contributed by atoms with Crippen LogP contribution < -0.4 is 0 Å². The van der Waals surface area contributed by atoms with Gasteiger partial charge in [-0.2, -0.15) is 0 Å². The first-order valence-corrected chi connectivity index (χ1v) is 8.39. The number of fused-ring (bicyclic) bond motifs is 1. The molecule has 0 aliphatic carbocycles. The SMILES string of the molecule is CC1CN2CCCCC2CN1CC1(CO)CCCOC1. The van der Waals surface area contributed by atoms with Crippen molar-refractivity contribution in [3.63, 3.8) is 0 Å². The molecule has 116 valence electrons. The number of hydrogen-bond acceptors (Lipinski definition) is 4. The van der Waals surface area contributed by atoms with Gasteiger partial charge in [-0.1, -0.05) is 6.42 Å². The molecule has 3 rings (SSSR count). The van der Waals surface area contributed by atoms with Gasteiger partial charge in [0.05, 0.1) is 13.2 Å². The molecule has 0 aromatic carbocycles. The average molecular weight is 282 g/mol. The number of rotatable bonds is 3. The standard InChI is InChI=1S/C16H30N2O2/c1-14-9-17-7-3-2-5-15(17)10-18(14)11-16(12-19)6-4-8-20-13-16/h14-15,19H,2-13H2,1H3. The summed E-state index contributed by atoms with van der Waals surface area (Å²) in [5.74, 6) is 0. The van der Waals surface area contributed by atoms with E-state index in [4.69, 9.17) is 4.74 Å². The lowest BCUT2D eigenvalue weighted by molar-refractivity contribution is -0.0776. The third-order valence-electron chi connectivity index (χ3n) is 5.59. The second-order valence-corrected chi connectivity index (χ2v) is 7.24. The number of hydrogen-bond donors (Lipinski definition) is 1. The molecule has 3 saturated heterocycles. The summed E-state index contributed by atoms with van der Waals surface area (Å²) in [6, 6.07) is 1.36. The number of ether oxygens (including phenoxy) is 1. The molecule has 3 fully saturated rings. The number of piperidine rings is 1. The van der Waals surface area contributed by atoms with Gasteiger partial charge < -0.3 is 9.84 Å². The molecule has 0 amide bonds. The van der Waals surface area contributed by atoms with Crippen LogP contribution in [-0.4, -0.2) is 73.0 Å². The minimum absolute atomic E-state index is 0.0106. The monoisotopic (exact) mass is 282 g/mol. The van der Waals surface area contributed by atoms with Crippen molar-refractivity contribution < 1.29 is 9.84 Å². The van der Waals surface area contributed by atoms with Crippen molar-refractivity contribution in [1.29, 1.82) is 0 Å². The Bertz CT molecular complexity index is 318. The molecule has 20 heavy (non-hydrogen) atoms. The highest BCUT2D eigenvalue weighted by molar-refractivity contribution is 4.93. The molecular formula is C16H30N2O2. The topological polar surface area (TPSA) is 35.9 Å². The molecule has 3 unspecified atom stereocenters. The Morgan fingerprint density at radius 2 is 2.15 bits per heavy atom. The van der Waals surface area contributed by atoms with Gasteiger partial charge in [0.2, 0.25) is 0 Å². The Balaban J connectivity index is 1.63. The van der Waals surface area contributed by atoms with E-state index in [2.05, 4.69) is 16.7 Å². The summed E-state index contributed by atoms with van der Waals surface area (Å²) in [7, 11) is 0. The van der Waals surface area contributed by atoms with Gasteiger partial charge in [0, 0.05) is 43.7 Å². The first-order chi connectivity index (χ1) is 9.72. The van der Waals surface area contributed by atoms with Crippen molar-refractivity contribution in [3.8, 4) is 0 Å². The summed E-state index contributed by atoms with van der Waals surface area (Å²) in [4.78, 5) is 5.31. The van der Waals surface area contributed by atoms with Crippen molar-refractivity contribution in [2.24, 2.45) is 5.41 Å². The van der Waals surface area contributed by atoms with E-state index in [0.29, 0.717) is 6.04 Å². The summed E-state index contributed by atoms with van der Waals surface area (Å²) in [6.07, 6.45) is 6.32. The third-order valence-corrected chi connectivity index (χ3v) is 5.59. The maximum Gasteiger partial charge on any atom is 0.0556 e. The minimum atomic E-state index is -0.0106. The lowest BCUT2D eigenvalue weighted by Crippen LogP contribution is -2.61. The summed E-state index contributed by atoms with van der Waals surface area (Å²) in [5, 5.41) is 9.87. The minimum Gasteiger partial charge on any atom is -0.396 e. The van der Waals surface area contributed by atoms with Gasteiger partial charge in [0.15, 0.2) is 0 Å². The predicted octanol–water partition coefficient (Wildman–Crippen LogP) is 1.33. The van der Waals surface area contributed by atoms with Gasteiger partial charge >= 0.3 is 0 Å². The summed E-state index contributed by atoms with van der Waals surface area (Å²) in [6.45, 7) is 8.90. The molecule has 0 aromatic rings. The van der Waals surface area contributed by atoms with Crippen molar-refractivity contribution in [3.05, 3.63) is 0 Å². The van der Waals surface area contributed by atoms with E-state index in [1.807, 2.05) is 0 Å². The summed E-state index contributed by atoms with van der Waals surface area (Å²) < 4.78 is 5.66. The van der Waals surface area contributed by atoms with Crippen LogP contribution in [0.2, 0.25) is 0 Å². The zero-order valence-corrected chi connectivity index (χ0v) is 12.9. The molecule has 3 aliphatic heterocycles. The number of aliphatic hydroxyl groups excluding tert-OH is 1.